The van der Waals surface area contributed by atoms with Gasteiger partial charge >= 0.3 is 0 Å². The highest BCUT2D eigenvalue weighted by Gasteiger charge is 2.44. The van der Waals surface area contributed by atoms with Crippen molar-refractivity contribution in [3.05, 3.63) is 41.8 Å². The number of hydrogen-bond acceptors (Lipinski definition) is 6. The van der Waals surface area contributed by atoms with E-state index in [-0.39, 0.29) is 17.8 Å². The van der Waals surface area contributed by atoms with Crippen molar-refractivity contribution in [2.75, 3.05) is 19.3 Å². The molecule has 144 valence electrons. The van der Waals surface area contributed by atoms with Crippen molar-refractivity contribution in [1.82, 2.24) is 10.1 Å². The first-order valence-corrected chi connectivity index (χ1v) is 10.5. The van der Waals surface area contributed by atoms with Gasteiger partial charge in [-0.05, 0) is 49.5 Å². The minimum atomic E-state index is -0.526. The van der Waals surface area contributed by atoms with Gasteiger partial charge in [-0.3, -0.25) is 4.79 Å². The molecule has 0 bridgehead atoms. The molecular weight excluding hydrogens is 364 g/mol. The van der Waals surface area contributed by atoms with Crippen molar-refractivity contribution < 1.29 is 19.2 Å². The van der Waals surface area contributed by atoms with Gasteiger partial charge in [0.25, 0.3) is 5.91 Å². The number of benzene rings is 1. The number of carbonyl (C=O) groups excluding carboxylic acids is 1. The lowest BCUT2D eigenvalue weighted by Crippen LogP contribution is -2.42. The third-order valence-corrected chi connectivity index (χ3v) is 6.61. The van der Waals surface area contributed by atoms with Gasteiger partial charge < -0.3 is 19.3 Å². The summed E-state index contributed by atoms with van der Waals surface area (Å²) in [5.74, 6) is 1.60. The van der Waals surface area contributed by atoms with Gasteiger partial charge in [-0.2, -0.15) is 0 Å². The second kappa shape index (κ2) is 7.56. The molecule has 2 aliphatic rings. The van der Waals surface area contributed by atoms with E-state index in [2.05, 4.69) is 18.1 Å². The summed E-state index contributed by atoms with van der Waals surface area (Å²) in [7, 11) is 0. The van der Waals surface area contributed by atoms with Gasteiger partial charge in [0.1, 0.15) is 11.9 Å². The maximum absolute atomic E-state index is 12.5. The summed E-state index contributed by atoms with van der Waals surface area (Å²) in [6.45, 7) is 3.38. The van der Waals surface area contributed by atoms with Crippen LogP contribution in [0.3, 0.4) is 0 Å². The Labute approximate surface area is 162 Å². The standard InChI is InChI=1S/C20H24N2O4S/c1-12-4-3-5-16(19(12)27-2)25-18-9-14-11-22(10-13(14)8-15(18)23)20(24)17-6-7-21-26-17/h3-7,13-15,18,23H,8-11H2,1-2H3/t13-,14+,15+,18+/m0/s1. The Bertz CT molecular complexity index is 810. The molecule has 0 radical (unpaired) electrons. The molecule has 1 saturated carbocycles. The number of aliphatic hydroxyl groups is 1. The molecule has 1 aromatic carbocycles. The van der Waals surface area contributed by atoms with E-state index in [1.165, 1.54) is 11.8 Å². The Morgan fingerprint density at radius 3 is 2.78 bits per heavy atom. The van der Waals surface area contributed by atoms with Gasteiger partial charge in [0, 0.05) is 19.2 Å². The maximum atomic E-state index is 12.5. The van der Waals surface area contributed by atoms with E-state index in [0.29, 0.717) is 31.3 Å². The fourth-order valence-electron chi connectivity index (χ4n) is 4.31. The molecule has 1 saturated heterocycles. The van der Waals surface area contributed by atoms with Crippen LogP contribution in [0, 0.1) is 18.8 Å². The molecule has 0 unspecified atom stereocenters. The van der Waals surface area contributed by atoms with Crippen molar-refractivity contribution in [3.8, 4) is 5.75 Å². The van der Waals surface area contributed by atoms with Crippen LogP contribution in [0.2, 0.25) is 0 Å². The number of aliphatic hydroxyl groups excluding tert-OH is 1. The van der Waals surface area contributed by atoms with Crippen LogP contribution in [0.1, 0.15) is 29.0 Å². The van der Waals surface area contributed by atoms with E-state index < -0.39 is 6.10 Å². The molecule has 1 aliphatic carbocycles. The predicted molar refractivity (Wildman–Crippen MR) is 102 cm³/mol. The molecule has 2 heterocycles. The molecule has 2 fully saturated rings. The summed E-state index contributed by atoms with van der Waals surface area (Å²) in [6.07, 6.45) is 4.13. The van der Waals surface area contributed by atoms with Crippen molar-refractivity contribution in [3.63, 3.8) is 0 Å². The highest BCUT2D eigenvalue weighted by Crippen LogP contribution is 2.40. The van der Waals surface area contributed by atoms with Gasteiger partial charge in [-0.25, -0.2) is 0 Å². The zero-order valence-electron chi connectivity index (χ0n) is 15.5. The number of ether oxygens (including phenoxy) is 1. The number of aromatic nitrogens is 1. The molecule has 1 N–H and O–H groups in total. The number of hydrogen-bond donors (Lipinski definition) is 1. The molecule has 6 nitrogen and oxygen atoms in total. The molecule has 1 amide bonds. The van der Waals surface area contributed by atoms with Crippen LogP contribution in [0.5, 0.6) is 5.75 Å². The first-order valence-electron chi connectivity index (χ1n) is 9.25. The number of thioether (sulfide) groups is 1. The molecule has 2 aromatic rings. The molecular formula is C20H24N2O4S. The summed E-state index contributed by atoms with van der Waals surface area (Å²) in [5, 5.41) is 14.3. The number of fused-ring (bicyclic) bond motifs is 1. The van der Waals surface area contributed by atoms with Crippen LogP contribution in [0.4, 0.5) is 0 Å². The number of rotatable bonds is 4. The summed E-state index contributed by atoms with van der Waals surface area (Å²) < 4.78 is 11.2. The number of amides is 1. The maximum Gasteiger partial charge on any atom is 0.292 e. The number of aryl methyl sites for hydroxylation is 1. The smallest absolute Gasteiger partial charge is 0.292 e. The zero-order chi connectivity index (χ0) is 19.0. The van der Waals surface area contributed by atoms with Crippen molar-refractivity contribution in [2.24, 2.45) is 11.8 Å². The Balaban J connectivity index is 1.45. The Morgan fingerprint density at radius 1 is 1.30 bits per heavy atom. The Morgan fingerprint density at radius 2 is 2.07 bits per heavy atom. The summed E-state index contributed by atoms with van der Waals surface area (Å²) in [6, 6.07) is 7.60. The van der Waals surface area contributed by atoms with E-state index in [1.807, 2.05) is 23.3 Å². The van der Waals surface area contributed by atoms with E-state index in [9.17, 15) is 9.90 Å². The lowest BCUT2D eigenvalue weighted by molar-refractivity contribution is -0.0243. The van der Waals surface area contributed by atoms with Crippen LogP contribution in [-0.4, -0.2) is 52.6 Å². The molecule has 7 heteroatoms. The lowest BCUT2D eigenvalue weighted by atomic mass is 9.78. The second-order valence-electron chi connectivity index (χ2n) is 7.41. The van der Waals surface area contributed by atoms with Gasteiger partial charge in [-0.15, -0.1) is 11.8 Å². The Hall–Kier alpha value is -1.99. The Kier molecular flexibility index (Phi) is 5.14. The molecule has 0 spiro atoms. The van der Waals surface area contributed by atoms with Gasteiger partial charge in [0.2, 0.25) is 5.76 Å². The molecule has 1 aliphatic heterocycles. The lowest BCUT2D eigenvalue weighted by Gasteiger charge is -2.35. The molecule has 27 heavy (non-hydrogen) atoms. The van der Waals surface area contributed by atoms with E-state index in [0.717, 1.165) is 17.1 Å². The first-order chi connectivity index (χ1) is 13.1. The quantitative estimate of drug-likeness (QED) is 0.812. The van der Waals surface area contributed by atoms with E-state index in [1.54, 1.807) is 17.8 Å². The third kappa shape index (κ3) is 3.58. The monoisotopic (exact) mass is 388 g/mol. The van der Waals surface area contributed by atoms with Crippen molar-refractivity contribution in [2.45, 2.75) is 36.9 Å². The minimum absolute atomic E-state index is 0.128. The fraction of sp³-hybridized carbons (Fsp3) is 0.500. The second-order valence-corrected chi connectivity index (χ2v) is 8.22. The number of carbonyl (C=O) groups is 1. The average Bonchev–Trinajstić information content (AvgIpc) is 3.31. The predicted octanol–water partition coefficient (Wildman–Crippen LogP) is 3.00. The highest BCUT2D eigenvalue weighted by molar-refractivity contribution is 7.98. The zero-order valence-corrected chi connectivity index (χ0v) is 16.3. The van der Waals surface area contributed by atoms with Gasteiger partial charge in [0.05, 0.1) is 17.2 Å². The van der Waals surface area contributed by atoms with Gasteiger partial charge in [0.15, 0.2) is 0 Å². The van der Waals surface area contributed by atoms with Crippen LogP contribution in [0.15, 0.2) is 39.9 Å². The first kappa shape index (κ1) is 18.4. The minimum Gasteiger partial charge on any atom is -0.487 e. The SMILES string of the molecule is CSc1c(C)cccc1O[C@@H]1C[C@@H]2CN(C(=O)c3ccno3)C[C@@H]2C[C@H]1O. The highest BCUT2D eigenvalue weighted by atomic mass is 32.2. The fourth-order valence-corrected chi connectivity index (χ4v) is 5.02. The summed E-state index contributed by atoms with van der Waals surface area (Å²) >= 11 is 1.66. The van der Waals surface area contributed by atoms with Crippen LogP contribution >= 0.6 is 11.8 Å². The van der Waals surface area contributed by atoms with E-state index >= 15 is 0 Å². The molecule has 4 atom stereocenters. The number of likely N-dealkylation sites (tertiary alicyclic amines) is 1. The van der Waals surface area contributed by atoms with Crippen molar-refractivity contribution >= 4 is 17.7 Å². The van der Waals surface area contributed by atoms with Crippen LogP contribution in [-0.2, 0) is 0 Å². The topological polar surface area (TPSA) is 75.8 Å². The third-order valence-electron chi connectivity index (χ3n) is 5.68. The van der Waals surface area contributed by atoms with Crippen molar-refractivity contribution in [1.29, 1.82) is 0 Å². The molecule has 4 rings (SSSR count). The average molecular weight is 388 g/mol. The largest absolute Gasteiger partial charge is 0.487 e. The molecule has 1 aromatic heterocycles. The van der Waals surface area contributed by atoms with Gasteiger partial charge in [-0.1, -0.05) is 17.3 Å². The summed E-state index contributed by atoms with van der Waals surface area (Å²) in [5.41, 5.74) is 1.17. The van der Waals surface area contributed by atoms with Crippen LogP contribution < -0.4 is 4.74 Å². The number of nitrogens with zero attached hydrogens (tertiary/aromatic N) is 2. The normalized spacial score (nSPS) is 27.4. The van der Waals surface area contributed by atoms with Crippen LogP contribution in [0.25, 0.3) is 0 Å². The van der Waals surface area contributed by atoms with E-state index in [4.69, 9.17) is 9.26 Å². The summed E-state index contributed by atoms with van der Waals surface area (Å²) in [4.78, 5) is 15.4.